The van der Waals surface area contributed by atoms with Crippen molar-refractivity contribution in [2.45, 2.75) is 12.2 Å². The van der Waals surface area contributed by atoms with E-state index in [4.69, 9.17) is 4.98 Å². The van der Waals surface area contributed by atoms with Crippen molar-refractivity contribution >= 4 is 39.8 Å². The number of nitrogens with zero attached hydrogens (tertiary/aromatic N) is 2. The average molecular weight is 542 g/mol. The number of hydrogen-bond donors (Lipinski definition) is 1. The van der Waals surface area contributed by atoms with Crippen molar-refractivity contribution in [3.63, 3.8) is 0 Å². The van der Waals surface area contributed by atoms with Gasteiger partial charge in [-0.25, -0.2) is 0 Å². The molecule has 0 bridgehead atoms. The summed E-state index contributed by atoms with van der Waals surface area (Å²) in [6, 6.07) is 29.3. The van der Waals surface area contributed by atoms with Gasteiger partial charge in [-0.05, 0) is 0 Å². The van der Waals surface area contributed by atoms with Crippen molar-refractivity contribution in [2.24, 2.45) is 0 Å². The van der Waals surface area contributed by atoms with Crippen molar-refractivity contribution in [1.82, 2.24) is 9.55 Å². The first-order valence-corrected chi connectivity index (χ1v) is 14.4. The summed E-state index contributed by atoms with van der Waals surface area (Å²) in [6.07, 6.45) is 3.87. The Morgan fingerprint density at radius 1 is 0.944 bits per heavy atom. The van der Waals surface area contributed by atoms with Gasteiger partial charge >= 0.3 is 213 Å². The quantitative estimate of drug-likeness (QED) is 0.312. The van der Waals surface area contributed by atoms with E-state index in [1.807, 2.05) is 91.9 Å². The van der Waals surface area contributed by atoms with Gasteiger partial charge in [-0.1, -0.05) is 0 Å². The summed E-state index contributed by atoms with van der Waals surface area (Å²) in [7, 11) is 0. The summed E-state index contributed by atoms with van der Waals surface area (Å²) in [5.41, 5.74) is 2.36. The second-order valence-electron chi connectivity index (χ2n) is 8.35. The maximum absolute atomic E-state index is 13.7. The molecule has 0 saturated heterocycles. The van der Waals surface area contributed by atoms with Crippen LogP contribution in [0, 0.1) is 12.7 Å². The molecular weight excluding hydrogens is 518 g/mol. The molecule has 0 fully saturated rings. The Bertz CT molecular complexity index is 1610. The summed E-state index contributed by atoms with van der Waals surface area (Å²) in [5, 5.41) is 11.7. The molecular formula is C30H24FN2O2Se. The van der Waals surface area contributed by atoms with Gasteiger partial charge in [0.05, 0.1) is 0 Å². The van der Waals surface area contributed by atoms with Gasteiger partial charge in [-0.3, -0.25) is 0 Å². The number of rotatable bonds is 6. The molecule has 0 aliphatic rings. The Balaban J connectivity index is 1.58. The summed E-state index contributed by atoms with van der Waals surface area (Å²) in [4.78, 5) is 18.3. The van der Waals surface area contributed by atoms with Crippen LogP contribution in [0.15, 0.2) is 108 Å². The van der Waals surface area contributed by atoms with E-state index in [1.165, 1.54) is 12.1 Å². The fourth-order valence-electron chi connectivity index (χ4n) is 4.05. The fourth-order valence-corrected chi connectivity index (χ4v) is 8.13. The van der Waals surface area contributed by atoms with Crippen LogP contribution in [0.2, 0.25) is 5.32 Å². The number of allylic oxidation sites excluding steroid dienone is 1. The van der Waals surface area contributed by atoms with Crippen LogP contribution in [0.4, 0.5) is 4.39 Å². The molecule has 6 heteroatoms. The van der Waals surface area contributed by atoms with E-state index < -0.39 is 19.7 Å². The van der Waals surface area contributed by atoms with Crippen LogP contribution in [-0.4, -0.2) is 28.6 Å². The van der Waals surface area contributed by atoms with E-state index in [-0.39, 0.29) is 11.3 Å². The summed E-state index contributed by atoms with van der Waals surface area (Å²) in [5.74, 6) is 0.0367. The van der Waals surface area contributed by atoms with E-state index in [0.29, 0.717) is 22.0 Å². The molecule has 0 atom stereocenters. The molecule has 1 aromatic heterocycles. The van der Waals surface area contributed by atoms with E-state index in [2.05, 4.69) is 0 Å². The first kappa shape index (κ1) is 23.7. The molecule has 0 unspecified atom stereocenters. The number of benzene rings is 4. The molecule has 1 radical (unpaired) electrons. The van der Waals surface area contributed by atoms with Crippen molar-refractivity contribution in [1.29, 1.82) is 0 Å². The first-order valence-electron chi connectivity index (χ1n) is 11.5. The monoisotopic (exact) mass is 543 g/mol. The third kappa shape index (κ3) is 4.87. The van der Waals surface area contributed by atoms with Crippen molar-refractivity contribution in [3.8, 4) is 11.4 Å². The van der Waals surface area contributed by atoms with Crippen LogP contribution >= 0.6 is 0 Å². The van der Waals surface area contributed by atoms with Gasteiger partial charge in [0.15, 0.2) is 0 Å². The number of halogens is 1. The number of aromatic hydroxyl groups is 1. The van der Waals surface area contributed by atoms with Crippen LogP contribution in [0.3, 0.4) is 0 Å². The predicted octanol–water partition coefficient (Wildman–Crippen LogP) is 4.86. The number of hydrogen-bond acceptors (Lipinski definition) is 3. The van der Waals surface area contributed by atoms with E-state index in [0.717, 1.165) is 20.2 Å². The molecule has 4 nitrogen and oxygen atoms in total. The van der Waals surface area contributed by atoms with E-state index >= 15 is 0 Å². The van der Waals surface area contributed by atoms with Gasteiger partial charge in [-0.15, -0.1) is 0 Å². The zero-order chi connectivity index (χ0) is 25.1. The van der Waals surface area contributed by atoms with E-state index in [1.54, 1.807) is 16.7 Å². The summed E-state index contributed by atoms with van der Waals surface area (Å²) < 4.78 is 17.2. The number of para-hydroxylation sites is 1. The standard InChI is InChI=1S/C30H24FN2O2Se/c1-21-13-16-23(17-14-21)33-29(32-26-11-6-5-10-25(26)30(33)35)12-7-19-36(24-8-3-2-4-9-24)28-18-15-22(31)20-27(28)34/h2-18,20,34H,19H2,1H3/b12-7+. The number of fused-ring (bicyclic) bond motifs is 1. The van der Waals surface area contributed by atoms with Gasteiger partial charge in [0.25, 0.3) is 0 Å². The second kappa shape index (κ2) is 10.3. The van der Waals surface area contributed by atoms with Crippen LogP contribution in [0.25, 0.3) is 22.7 Å². The van der Waals surface area contributed by atoms with Crippen molar-refractivity contribution in [3.05, 3.63) is 131 Å². The van der Waals surface area contributed by atoms with Crippen LogP contribution < -0.4 is 14.5 Å². The van der Waals surface area contributed by atoms with Gasteiger partial charge in [0.2, 0.25) is 0 Å². The van der Waals surface area contributed by atoms with Crippen LogP contribution in [-0.2, 0) is 0 Å². The SMILES string of the molecule is Cc1ccc(-n2c(/C=C/C[Se](c3ccccc3)c3ccc(F)cc3O)nc3ccccc3c2=O)cc1. The molecule has 0 aliphatic heterocycles. The Morgan fingerprint density at radius 3 is 2.42 bits per heavy atom. The topological polar surface area (TPSA) is 55.1 Å². The molecule has 36 heavy (non-hydrogen) atoms. The molecule has 1 heterocycles. The minimum atomic E-state index is -1.76. The van der Waals surface area contributed by atoms with Gasteiger partial charge in [-0.2, -0.15) is 0 Å². The van der Waals surface area contributed by atoms with Gasteiger partial charge in [0.1, 0.15) is 0 Å². The Hall–Kier alpha value is -3.99. The van der Waals surface area contributed by atoms with Crippen molar-refractivity contribution < 1.29 is 9.50 Å². The van der Waals surface area contributed by atoms with Gasteiger partial charge in [0, 0.05) is 0 Å². The molecule has 0 amide bonds. The Labute approximate surface area is 212 Å². The number of phenols is 1. The first-order chi connectivity index (χ1) is 17.5. The Kier molecular flexibility index (Phi) is 6.81. The molecule has 179 valence electrons. The Morgan fingerprint density at radius 2 is 1.67 bits per heavy atom. The fraction of sp³-hybridized carbons (Fsp3) is 0.0667. The zero-order valence-electron chi connectivity index (χ0n) is 19.6. The molecule has 5 aromatic rings. The van der Waals surface area contributed by atoms with Gasteiger partial charge < -0.3 is 0 Å². The third-order valence-electron chi connectivity index (χ3n) is 5.84. The van der Waals surface area contributed by atoms with Crippen molar-refractivity contribution in [2.75, 3.05) is 0 Å². The molecule has 5 rings (SSSR count). The summed E-state index contributed by atoms with van der Waals surface area (Å²) >= 11 is -1.76. The molecule has 4 aromatic carbocycles. The minimum absolute atomic E-state index is 0.0300. The second-order valence-corrected chi connectivity index (χ2v) is 12.6. The molecule has 0 spiro atoms. The summed E-state index contributed by atoms with van der Waals surface area (Å²) in [6.45, 7) is 2.00. The van der Waals surface area contributed by atoms with E-state index in [9.17, 15) is 14.3 Å². The molecule has 1 N–H and O–H groups in total. The average Bonchev–Trinajstić information content (AvgIpc) is 2.89. The predicted molar refractivity (Wildman–Crippen MR) is 145 cm³/mol. The number of phenolic OH excluding ortho intramolecular Hbond substituents is 1. The van der Waals surface area contributed by atoms with Crippen LogP contribution in [0.1, 0.15) is 11.4 Å². The molecule has 0 saturated carbocycles. The maximum atomic E-state index is 13.7. The number of aryl methyl sites for hydroxylation is 1. The third-order valence-corrected chi connectivity index (χ3v) is 10.5. The normalized spacial score (nSPS) is 11.5. The zero-order valence-corrected chi connectivity index (χ0v) is 21.3. The molecule has 0 aliphatic carbocycles. The number of aromatic nitrogens is 2. The van der Waals surface area contributed by atoms with Crippen LogP contribution in [0.5, 0.6) is 5.75 Å².